The van der Waals surface area contributed by atoms with E-state index in [1.165, 1.54) is 4.68 Å². The summed E-state index contributed by atoms with van der Waals surface area (Å²) in [5.74, 6) is -0.0935. The quantitative estimate of drug-likeness (QED) is 0.546. The van der Waals surface area contributed by atoms with E-state index in [0.29, 0.717) is 12.6 Å². The van der Waals surface area contributed by atoms with Gasteiger partial charge in [0, 0.05) is 10.9 Å². The van der Waals surface area contributed by atoms with Crippen LogP contribution >= 0.6 is 0 Å². The van der Waals surface area contributed by atoms with Crippen molar-refractivity contribution < 1.29 is 4.42 Å². The molecule has 2 aromatic carbocycles. The molecule has 140 valence electrons. The van der Waals surface area contributed by atoms with Crippen LogP contribution in [-0.4, -0.2) is 32.8 Å². The smallest absolute Gasteiger partial charge is 0.388 e. The highest BCUT2D eigenvalue weighted by atomic mass is 16.4. The number of fused-ring (bicyclic) bond motifs is 1. The maximum absolute atomic E-state index is 12.4. The van der Waals surface area contributed by atoms with E-state index in [2.05, 4.69) is 10.00 Å². The second-order valence-corrected chi connectivity index (χ2v) is 7.08. The van der Waals surface area contributed by atoms with Gasteiger partial charge < -0.3 is 4.42 Å². The van der Waals surface area contributed by atoms with Crippen LogP contribution in [0, 0.1) is 0 Å². The molecule has 6 heteroatoms. The first kappa shape index (κ1) is 16.9. The average molecular weight is 372 g/mol. The summed E-state index contributed by atoms with van der Waals surface area (Å²) in [6, 6.07) is 19.8. The van der Waals surface area contributed by atoms with E-state index in [0.717, 1.165) is 53.7 Å². The summed E-state index contributed by atoms with van der Waals surface area (Å²) in [5.41, 5.74) is 3.46. The van der Waals surface area contributed by atoms with Gasteiger partial charge in [-0.3, -0.25) is 4.90 Å². The first-order valence-electron chi connectivity index (χ1n) is 9.54. The number of hydrogen-bond donors (Lipinski definition) is 0. The first-order chi connectivity index (χ1) is 13.8. The number of rotatable bonds is 4. The lowest BCUT2D eigenvalue weighted by atomic mass is 10.0. The Balaban J connectivity index is 1.63. The van der Waals surface area contributed by atoms with Gasteiger partial charge in [-0.05, 0) is 38.1 Å². The fourth-order valence-corrected chi connectivity index (χ4v) is 3.73. The molecule has 4 aromatic rings. The van der Waals surface area contributed by atoms with Gasteiger partial charge in [-0.15, -0.1) is 5.10 Å². The van der Waals surface area contributed by atoms with Crippen LogP contribution in [0.3, 0.4) is 0 Å². The summed E-state index contributed by atoms with van der Waals surface area (Å²) >= 11 is 0. The number of likely N-dealkylation sites (tertiary alicyclic amines) is 1. The van der Waals surface area contributed by atoms with Crippen LogP contribution in [0.15, 0.2) is 69.9 Å². The minimum atomic E-state index is -0.427. The third-order valence-electron chi connectivity index (χ3n) is 5.16. The molecule has 0 N–H and O–H groups in total. The van der Waals surface area contributed by atoms with Gasteiger partial charge in [-0.25, -0.2) is 9.78 Å². The van der Waals surface area contributed by atoms with Crippen molar-refractivity contribution in [2.45, 2.75) is 19.5 Å². The number of para-hydroxylation sites is 1. The fraction of sp³-hybridized carbons (Fsp3) is 0.227. The molecule has 0 atom stereocenters. The molecular formula is C22H20N4O2. The standard InChI is InChI=1S/C22H20N4O2/c27-22-26(15-25-12-6-7-13-25)24-21(28-22)18-14-20(16-8-2-1-3-9-16)23-19-11-5-4-10-17(18)19/h1-5,8-11,14H,6-7,12-13,15H2. The molecule has 5 rings (SSSR count). The number of pyridine rings is 1. The predicted molar refractivity (Wildman–Crippen MR) is 108 cm³/mol. The highest BCUT2D eigenvalue weighted by Crippen LogP contribution is 2.30. The second kappa shape index (κ2) is 7.05. The highest BCUT2D eigenvalue weighted by molar-refractivity contribution is 5.94. The molecule has 0 amide bonds. The van der Waals surface area contributed by atoms with E-state index in [1.54, 1.807) is 0 Å². The summed E-state index contributed by atoms with van der Waals surface area (Å²) in [6.45, 7) is 2.45. The van der Waals surface area contributed by atoms with Gasteiger partial charge in [0.15, 0.2) is 0 Å². The van der Waals surface area contributed by atoms with Crippen molar-refractivity contribution in [2.75, 3.05) is 13.1 Å². The van der Waals surface area contributed by atoms with Gasteiger partial charge in [0.1, 0.15) is 6.67 Å². The summed E-state index contributed by atoms with van der Waals surface area (Å²) in [5, 5.41) is 5.41. The molecular weight excluding hydrogens is 352 g/mol. The van der Waals surface area contributed by atoms with Gasteiger partial charge >= 0.3 is 5.76 Å². The Morgan fingerprint density at radius 2 is 1.71 bits per heavy atom. The molecule has 1 saturated heterocycles. The van der Waals surface area contributed by atoms with Gasteiger partial charge in [0.25, 0.3) is 0 Å². The molecule has 0 unspecified atom stereocenters. The number of hydrogen-bond acceptors (Lipinski definition) is 5. The Hall–Kier alpha value is -3.25. The Bertz CT molecular complexity index is 1170. The van der Waals surface area contributed by atoms with Crippen LogP contribution in [0.5, 0.6) is 0 Å². The molecule has 1 aliphatic rings. The van der Waals surface area contributed by atoms with E-state index in [1.807, 2.05) is 60.7 Å². The van der Waals surface area contributed by atoms with Gasteiger partial charge in [-0.2, -0.15) is 4.68 Å². The van der Waals surface area contributed by atoms with Crippen molar-refractivity contribution in [2.24, 2.45) is 0 Å². The lowest BCUT2D eigenvalue weighted by Crippen LogP contribution is -2.29. The van der Waals surface area contributed by atoms with Crippen LogP contribution in [-0.2, 0) is 6.67 Å². The van der Waals surface area contributed by atoms with Crippen molar-refractivity contribution in [1.82, 2.24) is 19.7 Å². The van der Waals surface area contributed by atoms with Crippen molar-refractivity contribution in [3.05, 3.63) is 71.2 Å². The molecule has 3 heterocycles. The van der Waals surface area contributed by atoms with Gasteiger partial charge in [0.2, 0.25) is 5.89 Å². The fourth-order valence-electron chi connectivity index (χ4n) is 3.73. The highest BCUT2D eigenvalue weighted by Gasteiger charge is 2.18. The zero-order chi connectivity index (χ0) is 18.9. The van der Waals surface area contributed by atoms with E-state index in [-0.39, 0.29) is 0 Å². The predicted octanol–water partition coefficient (Wildman–Crippen LogP) is 3.77. The summed E-state index contributed by atoms with van der Waals surface area (Å²) in [7, 11) is 0. The van der Waals surface area contributed by atoms with Gasteiger partial charge in [-0.1, -0.05) is 48.5 Å². The van der Waals surface area contributed by atoms with E-state index in [9.17, 15) is 4.79 Å². The third kappa shape index (κ3) is 3.12. The van der Waals surface area contributed by atoms with Gasteiger partial charge in [0.05, 0.1) is 16.8 Å². The molecule has 0 spiro atoms. The van der Waals surface area contributed by atoms with Crippen LogP contribution in [0.1, 0.15) is 12.8 Å². The molecule has 0 aliphatic carbocycles. The largest absolute Gasteiger partial charge is 0.438 e. The van der Waals surface area contributed by atoms with Crippen LogP contribution in [0.25, 0.3) is 33.6 Å². The molecule has 6 nitrogen and oxygen atoms in total. The third-order valence-corrected chi connectivity index (χ3v) is 5.16. The number of nitrogens with zero attached hydrogens (tertiary/aromatic N) is 4. The van der Waals surface area contributed by atoms with E-state index in [4.69, 9.17) is 9.40 Å². The van der Waals surface area contributed by atoms with Crippen LogP contribution in [0.4, 0.5) is 0 Å². The van der Waals surface area contributed by atoms with E-state index >= 15 is 0 Å². The number of benzene rings is 2. The Morgan fingerprint density at radius 1 is 0.964 bits per heavy atom. The van der Waals surface area contributed by atoms with Crippen LogP contribution < -0.4 is 5.76 Å². The normalized spacial score (nSPS) is 14.7. The lowest BCUT2D eigenvalue weighted by Gasteiger charge is -2.12. The molecule has 28 heavy (non-hydrogen) atoms. The minimum Gasteiger partial charge on any atom is -0.388 e. The summed E-state index contributed by atoms with van der Waals surface area (Å²) < 4.78 is 6.97. The summed E-state index contributed by atoms with van der Waals surface area (Å²) in [4.78, 5) is 19.4. The molecule has 1 fully saturated rings. The zero-order valence-corrected chi connectivity index (χ0v) is 15.4. The Morgan fingerprint density at radius 3 is 2.54 bits per heavy atom. The first-order valence-corrected chi connectivity index (χ1v) is 9.54. The van der Waals surface area contributed by atoms with E-state index < -0.39 is 5.76 Å². The average Bonchev–Trinajstić information content (AvgIpc) is 3.38. The van der Waals surface area contributed by atoms with Crippen molar-refractivity contribution in [3.8, 4) is 22.7 Å². The molecule has 0 saturated carbocycles. The van der Waals surface area contributed by atoms with Crippen molar-refractivity contribution >= 4 is 10.9 Å². The molecule has 0 bridgehead atoms. The maximum atomic E-state index is 12.4. The lowest BCUT2D eigenvalue weighted by molar-refractivity contribution is 0.245. The number of aromatic nitrogens is 3. The van der Waals surface area contributed by atoms with Crippen molar-refractivity contribution in [1.29, 1.82) is 0 Å². The molecule has 1 aliphatic heterocycles. The molecule has 0 radical (unpaired) electrons. The zero-order valence-electron chi connectivity index (χ0n) is 15.4. The Labute approximate surface area is 162 Å². The van der Waals surface area contributed by atoms with Crippen LogP contribution in [0.2, 0.25) is 0 Å². The summed E-state index contributed by atoms with van der Waals surface area (Å²) in [6.07, 6.45) is 2.32. The Kier molecular flexibility index (Phi) is 4.25. The second-order valence-electron chi connectivity index (χ2n) is 7.08. The maximum Gasteiger partial charge on any atom is 0.438 e. The minimum absolute atomic E-state index is 0.333. The topological polar surface area (TPSA) is 64.2 Å². The monoisotopic (exact) mass is 372 g/mol. The SMILES string of the molecule is O=c1oc(-c2cc(-c3ccccc3)nc3ccccc23)nn1CN1CCCC1. The van der Waals surface area contributed by atoms with Crippen molar-refractivity contribution in [3.63, 3.8) is 0 Å². The molecule has 2 aromatic heterocycles.